The molecule has 0 aromatic heterocycles. The van der Waals surface area contributed by atoms with Gasteiger partial charge >= 0.3 is 6.16 Å². The van der Waals surface area contributed by atoms with Crippen molar-refractivity contribution in [2.45, 2.75) is 45.4 Å². The third-order valence-corrected chi connectivity index (χ3v) is 5.63. The first-order valence-electron chi connectivity index (χ1n) is 9.98. The van der Waals surface area contributed by atoms with Gasteiger partial charge in [0.1, 0.15) is 6.61 Å². The maximum atomic E-state index is 12.1. The minimum Gasteiger partial charge on any atom is -0.432 e. The quantitative estimate of drug-likeness (QED) is 0.564. The summed E-state index contributed by atoms with van der Waals surface area (Å²) in [5.41, 5.74) is 6.96. The van der Waals surface area contributed by atoms with Crippen LogP contribution in [-0.4, -0.2) is 29.6 Å². The van der Waals surface area contributed by atoms with E-state index in [2.05, 4.69) is 50.2 Å². The number of rotatable bonds is 5. The normalized spacial score (nSPS) is 15.4. The Balaban J connectivity index is 1.57. The fourth-order valence-corrected chi connectivity index (χ4v) is 3.99. The Labute approximate surface area is 169 Å². The van der Waals surface area contributed by atoms with Gasteiger partial charge in [-0.25, -0.2) is 4.79 Å². The van der Waals surface area contributed by atoms with Gasteiger partial charge in [0.25, 0.3) is 11.8 Å². The van der Waals surface area contributed by atoms with Crippen LogP contribution in [0.2, 0.25) is 0 Å². The Kier molecular flexibility index (Phi) is 5.09. The molecule has 2 aromatic carbocycles. The Morgan fingerprint density at radius 3 is 1.93 bits per heavy atom. The predicted molar refractivity (Wildman–Crippen MR) is 106 cm³/mol. The van der Waals surface area contributed by atoms with Crippen LogP contribution in [0.3, 0.4) is 0 Å². The molecule has 1 aliphatic heterocycles. The molecule has 150 valence electrons. The summed E-state index contributed by atoms with van der Waals surface area (Å²) in [6.07, 6.45) is 0.892. The van der Waals surface area contributed by atoms with Crippen LogP contribution < -0.4 is 0 Å². The molecular formula is C23H23NO5. The van der Waals surface area contributed by atoms with Crippen LogP contribution in [0.5, 0.6) is 0 Å². The zero-order valence-corrected chi connectivity index (χ0v) is 16.6. The Hall–Kier alpha value is -3.15. The molecule has 2 aliphatic rings. The molecule has 2 aromatic rings. The van der Waals surface area contributed by atoms with Crippen molar-refractivity contribution < 1.29 is 24.0 Å². The molecule has 1 fully saturated rings. The standard InChI is InChI=1S/C23H23NO5/c1-3-14-5-7-16-17-8-6-15(4-2)12-19(17)20(18(16)11-14)13-28-23(27)29-24-21(25)9-10-22(24)26/h5-8,11-12,20H,3-4,9-10,13H2,1-2H3. The molecule has 0 spiro atoms. The van der Waals surface area contributed by atoms with Crippen molar-refractivity contribution in [1.82, 2.24) is 5.06 Å². The van der Waals surface area contributed by atoms with Crippen molar-refractivity contribution in [3.63, 3.8) is 0 Å². The largest absolute Gasteiger partial charge is 0.533 e. The molecule has 6 heteroatoms. The minimum absolute atomic E-state index is 0.0507. The Morgan fingerprint density at radius 2 is 1.45 bits per heavy atom. The number of fused-ring (bicyclic) bond motifs is 3. The SMILES string of the molecule is CCc1ccc2c(c1)C(COC(=O)ON1C(=O)CCC1=O)c1cc(CC)ccc1-2. The van der Waals surface area contributed by atoms with Crippen LogP contribution in [0.25, 0.3) is 11.1 Å². The molecule has 0 unspecified atom stereocenters. The summed E-state index contributed by atoms with van der Waals surface area (Å²) in [5, 5.41) is 0.503. The molecule has 4 rings (SSSR count). The van der Waals surface area contributed by atoms with Crippen molar-refractivity contribution in [1.29, 1.82) is 0 Å². The average Bonchev–Trinajstić information content (AvgIpc) is 3.22. The molecule has 6 nitrogen and oxygen atoms in total. The van der Waals surface area contributed by atoms with E-state index in [0.717, 1.165) is 35.1 Å². The number of hydrogen-bond donors (Lipinski definition) is 0. The zero-order valence-electron chi connectivity index (χ0n) is 16.6. The second kappa shape index (κ2) is 7.70. The molecular weight excluding hydrogens is 370 g/mol. The van der Waals surface area contributed by atoms with Crippen LogP contribution in [0, 0.1) is 0 Å². The van der Waals surface area contributed by atoms with Crippen LogP contribution in [0.15, 0.2) is 36.4 Å². The van der Waals surface area contributed by atoms with Crippen LogP contribution in [0.1, 0.15) is 54.9 Å². The fraction of sp³-hybridized carbons (Fsp3) is 0.348. The first-order valence-corrected chi connectivity index (χ1v) is 9.98. The van der Waals surface area contributed by atoms with Gasteiger partial charge < -0.3 is 4.74 Å². The number of imide groups is 1. The first kappa shape index (κ1) is 19.2. The maximum absolute atomic E-state index is 12.1. The van der Waals surface area contributed by atoms with Gasteiger partial charge in [-0.1, -0.05) is 55.3 Å². The molecule has 2 amide bonds. The number of carbonyl (C=O) groups is 3. The summed E-state index contributed by atoms with van der Waals surface area (Å²) >= 11 is 0. The van der Waals surface area contributed by atoms with Gasteiger partial charge in [-0.15, -0.1) is 0 Å². The van der Waals surface area contributed by atoms with E-state index in [9.17, 15) is 14.4 Å². The number of carbonyl (C=O) groups excluding carboxylic acids is 3. The lowest BCUT2D eigenvalue weighted by Crippen LogP contribution is -2.32. The number of amides is 2. The number of benzene rings is 2. The van der Waals surface area contributed by atoms with E-state index in [1.807, 2.05) is 0 Å². The highest BCUT2D eigenvalue weighted by atomic mass is 16.8. The maximum Gasteiger partial charge on any atom is 0.533 e. The molecule has 0 bridgehead atoms. The second-order valence-corrected chi connectivity index (χ2v) is 7.34. The van der Waals surface area contributed by atoms with Gasteiger partial charge in [0.15, 0.2) is 0 Å². The molecule has 1 saturated heterocycles. The first-order chi connectivity index (χ1) is 14.0. The number of nitrogens with zero attached hydrogens (tertiary/aromatic N) is 1. The van der Waals surface area contributed by atoms with Gasteiger partial charge in [-0.3, -0.25) is 14.4 Å². The zero-order chi connectivity index (χ0) is 20.5. The van der Waals surface area contributed by atoms with E-state index in [1.165, 1.54) is 11.1 Å². The predicted octanol–water partition coefficient (Wildman–Crippen LogP) is 4.14. The van der Waals surface area contributed by atoms with E-state index in [0.29, 0.717) is 5.06 Å². The van der Waals surface area contributed by atoms with Crippen molar-refractivity contribution in [3.05, 3.63) is 58.7 Å². The van der Waals surface area contributed by atoms with E-state index < -0.39 is 18.0 Å². The Bertz CT molecular complexity index is 927. The lowest BCUT2D eigenvalue weighted by molar-refractivity contribution is -0.177. The van der Waals surface area contributed by atoms with Gasteiger partial charge in [0.05, 0.1) is 0 Å². The van der Waals surface area contributed by atoms with E-state index in [1.54, 1.807) is 0 Å². The highest BCUT2D eigenvalue weighted by molar-refractivity contribution is 6.01. The average molecular weight is 393 g/mol. The Morgan fingerprint density at radius 1 is 0.931 bits per heavy atom. The molecule has 0 radical (unpaired) electrons. The lowest BCUT2D eigenvalue weighted by atomic mass is 9.95. The van der Waals surface area contributed by atoms with Crippen molar-refractivity contribution in [2.75, 3.05) is 6.61 Å². The summed E-state index contributed by atoms with van der Waals surface area (Å²) in [7, 11) is 0. The van der Waals surface area contributed by atoms with Crippen molar-refractivity contribution in [3.8, 4) is 11.1 Å². The monoisotopic (exact) mass is 393 g/mol. The second-order valence-electron chi connectivity index (χ2n) is 7.34. The molecule has 0 saturated carbocycles. The van der Waals surface area contributed by atoms with Crippen LogP contribution >= 0.6 is 0 Å². The van der Waals surface area contributed by atoms with E-state index in [4.69, 9.17) is 9.57 Å². The molecule has 29 heavy (non-hydrogen) atoms. The van der Waals surface area contributed by atoms with Crippen LogP contribution in [-0.2, 0) is 32.0 Å². The van der Waals surface area contributed by atoms with Gasteiger partial charge in [0.2, 0.25) is 0 Å². The summed E-state index contributed by atoms with van der Waals surface area (Å²) in [4.78, 5) is 40.2. The number of hydroxylamine groups is 2. The summed E-state index contributed by atoms with van der Waals surface area (Å²) in [6.45, 7) is 4.29. The molecule has 1 aliphatic carbocycles. The third-order valence-electron chi connectivity index (χ3n) is 5.63. The van der Waals surface area contributed by atoms with E-state index >= 15 is 0 Å². The van der Waals surface area contributed by atoms with Crippen LogP contribution in [0.4, 0.5) is 4.79 Å². The van der Waals surface area contributed by atoms with Gasteiger partial charge in [-0.05, 0) is 46.2 Å². The summed E-state index contributed by atoms with van der Waals surface area (Å²) < 4.78 is 5.34. The summed E-state index contributed by atoms with van der Waals surface area (Å²) in [6, 6.07) is 12.8. The summed E-state index contributed by atoms with van der Waals surface area (Å²) in [5.74, 6) is -1.16. The molecule has 0 N–H and O–H groups in total. The number of ether oxygens (including phenoxy) is 1. The third kappa shape index (κ3) is 3.50. The van der Waals surface area contributed by atoms with E-state index in [-0.39, 0.29) is 25.4 Å². The minimum atomic E-state index is -1.04. The topological polar surface area (TPSA) is 72.9 Å². The lowest BCUT2D eigenvalue weighted by Gasteiger charge is -2.17. The van der Waals surface area contributed by atoms with Crippen molar-refractivity contribution >= 4 is 18.0 Å². The van der Waals surface area contributed by atoms with Gasteiger partial charge in [-0.2, -0.15) is 0 Å². The van der Waals surface area contributed by atoms with Gasteiger partial charge in [0, 0.05) is 18.8 Å². The highest BCUT2D eigenvalue weighted by Crippen LogP contribution is 2.45. The highest BCUT2D eigenvalue weighted by Gasteiger charge is 2.35. The fourth-order valence-electron chi connectivity index (χ4n) is 3.99. The number of aryl methyl sites for hydroxylation is 2. The van der Waals surface area contributed by atoms with Crippen molar-refractivity contribution in [2.24, 2.45) is 0 Å². The molecule has 0 atom stereocenters. The molecule has 1 heterocycles. The smallest absolute Gasteiger partial charge is 0.432 e. The number of hydrogen-bond acceptors (Lipinski definition) is 5.